The fraction of sp³-hybridized carbons (Fsp3) is 0.191. The van der Waals surface area contributed by atoms with Gasteiger partial charge in [0.2, 0.25) is 5.90 Å². The van der Waals surface area contributed by atoms with Gasteiger partial charge >= 0.3 is 0 Å². The van der Waals surface area contributed by atoms with Crippen molar-refractivity contribution in [2.45, 2.75) is 35.3 Å². The third-order valence-corrected chi connectivity index (χ3v) is 11.8. The number of hydrogen-bond acceptors (Lipinski definition) is 8. The van der Waals surface area contributed by atoms with Crippen LogP contribution in [0.15, 0.2) is 180 Å². The molecule has 1 heterocycles. The number of nitrogens with one attached hydrogen (secondary N) is 2. The molecule has 1 amide bonds. The van der Waals surface area contributed by atoms with Crippen LogP contribution in [0, 0.1) is 0 Å². The highest BCUT2D eigenvalue weighted by Gasteiger charge is 2.53. The van der Waals surface area contributed by atoms with Gasteiger partial charge in [-0.2, -0.15) is 0 Å². The van der Waals surface area contributed by atoms with Crippen LogP contribution in [0.25, 0.3) is 11.1 Å². The average molecular weight is 780 g/mol. The summed E-state index contributed by atoms with van der Waals surface area (Å²) in [5.74, 6) is -0.181. The molecule has 9 nitrogen and oxygen atoms in total. The molecule has 7 rings (SSSR count). The molecular weight excluding hydrogens is 735 g/mol. The summed E-state index contributed by atoms with van der Waals surface area (Å²) in [5.41, 5.74) is 9.84. The Balaban J connectivity index is 1.26. The lowest BCUT2D eigenvalue weighted by atomic mass is 9.84. The van der Waals surface area contributed by atoms with E-state index in [1.165, 1.54) is 0 Å². The molecule has 0 saturated heterocycles. The summed E-state index contributed by atoms with van der Waals surface area (Å²) >= 11 is 0. The van der Waals surface area contributed by atoms with Gasteiger partial charge in [-0.3, -0.25) is 10.2 Å². The molecule has 0 fully saturated rings. The van der Waals surface area contributed by atoms with Crippen LogP contribution in [0.5, 0.6) is 5.75 Å². The van der Waals surface area contributed by atoms with Gasteiger partial charge in [-0.25, -0.2) is 18.8 Å². The molecule has 6 aromatic carbocycles. The maximum absolute atomic E-state index is 14.9. The topological polar surface area (TPSA) is 126 Å². The number of carbonyl (C=O) groups is 1. The van der Waals surface area contributed by atoms with Crippen molar-refractivity contribution in [2.75, 3.05) is 25.5 Å². The van der Waals surface area contributed by atoms with Gasteiger partial charge in [0, 0.05) is 37.5 Å². The van der Waals surface area contributed by atoms with Crippen LogP contribution >= 0.6 is 0 Å². The number of benzene rings is 6. The van der Waals surface area contributed by atoms with Crippen molar-refractivity contribution < 1.29 is 27.8 Å². The molecule has 3 N–H and O–H groups in total. The maximum Gasteiger partial charge on any atom is 0.266 e. The number of hydrazine groups is 1. The van der Waals surface area contributed by atoms with Crippen molar-refractivity contribution in [3.8, 4) is 16.9 Å². The molecule has 0 saturated carbocycles. The number of carbonyl (C=O) groups excluding carboxylic acids is 1. The molecule has 0 aromatic heterocycles. The summed E-state index contributed by atoms with van der Waals surface area (Å²) in [7, 11) is -3.83. The molecule has 1 aliphatic rings. The molecule has 1 aliphatic heterocycles. The Morgan fingerprint density at radius 2 is 1.26 bits per heavy atom. The first-order valence-corrected chi connectivity index (χ1v) is 20.7. The normalized spacial score (nSPS) is 16.5. The zero-order valence-corrected chi connectivity index (χ0v) is 32.2. The lowest BCUT2D eigenvalue weighted by Gasteiger charge is -2.31. The lowest BCUT2D eigenvalue weighted by molar-refractivity contribution is -0.130. The standard InChI is InChI=1S/C47H45N3O6S/c51-31-13-32-55-41-28-26-40(27-29-41)45-49-47(30-33-57(53,54)42-20-11-4-12-21-42,44(56-45)39-24-22-36(23-25-39)35-14-5-1-6-15-35)46(52)50-48-34-43(37-16-7-2-8-17-37)38-18-9-3-10-19-38/h1-12,14-29,43-44,48,51H,13,30-34H2,(H,50,52)/t44-,47-/m0/s1. The largest absolute Gasteiger partial charge is 0.494 e. The van der Waals surface area contributed by atoms with Crippen LogP contribution in [0.3, 0.4) is 0 Å². The number of aliphatic imine (C=N–C) groups is 1. The SMILES string of the molecule is O=C(NNCC(c1ccccc1)c1ccccc1)[C@@]1(CCS(=O)(=O)c2ccccc2)N=C(c2ccc(OCCCO)cc2)O[C@H]1c1ccc(-c2ccccc2)cc1. The lowest BCUT2D eigenvalue weighted by Crippen LogP contribution is -2.54. The monoisotopic (exact) mass is 779 g/mol. The van der Waals surface area contributed by atoms with E-state index in [4.69, 9.17) is 14.5 Å². The second kappa shape index (κ2) is 18.3. The summed E-state index contributed by atoms with van der Waals surface area (Å²) in [6.45, 7) is 0.730. The highest BCUT2D eigenvalue weighted by atomic mass is 32.2. The molecule has 2 atom stereocenters. The fourth-order valence-electron chi connectivity index (χ4n) is 7.03. The van der Waals surface area contributed by atoms with Crippen molar-refractivity contribution in [2.24, 2.45) is 4.99 Å². The fourth-order valence-corrected chi connectivity index (χ4v) is 8.41. The van der Waals surface area contributed by atoms with E-state index >= 15 is 0 Å². The van der Waals surface area contributed by atoms with Gasteiger partial charge < -0.3 is 14.6 Å². The first-order chi connectivity index (χ1) is 27.9. The third kappa shape index (κ3) is 9.32. The van der Waals surface area contributed by atoms with E-state index in [-0.39, 0.29) is 35.5 Å². The van der Waals surface area contributed by atoms with Gasteiger partial charge in [-0.1, -0.05) is 133 Å². The average Bonchev–Trinajstić information content (AvgIpc) is 3.67. The zero-order valence-electron chi connectivity index (χ0n) is 31.4. The van der Waals surface area contributed by atoms with E-state index in [9.17, 15) is 18.3 Å². The number of amides is 1. The Morgan fingerprint density at radius 3 is 1.86 bits per heavy atom. The molecule has 10 heteroatoms. The summed E-state index contributed by atoms with van der Waals surface area (Å²) in [4.78, 5) is 20.1. The summed E-state index contributed by atoms with van der Waals surface area (Å²) < 4.78 is 40.1. The predicted molar refractivity (Wildman–Crippen MR) is 223 cm³/mol. The van der Waals surface area contributed by atoms with Crippen LogP contribution in [-0.2, 0) is 19.4 Å². The highest BCUT2D eigenvalue weighted by Crippen LogP contribution is 2.43. The maximum atomic E-state index is 14.9. The Hall–Kier alpha value is -6.07. The van der Waals surface area contributed by atoms with E-state index in [0.717, 1.165) is 22.3 Å². The van der Waals surface area contributed by atoms with Crippen molar-refractivity contribution in [3.63, 3.8) is 0 Å². The third-order valence-electron chi connectivity index (χ3n) is 10.1. The molecule has 6 aromatic rings. The quantitative estimate of drug-likeness (QED) is 0.0641. The first-order valence-electron chi connectivity index (χ1n) is 19.0. The summed E-state index contributed by atoms with van der Waals surface area (Å²) in [5, 5.41) is 9.17. The van der Waals surface area contributed by atoms with Crippen molar-refractivity contribution in [1.29, 1.82) is 0 Å². The Bertz CT molecular complexity index is 2300. The van der Waals surface area contributed by atoms with Crippen molar-refractivity contribution in [1.82, 2.24) is 10.9 Å². The number of sulfone groups is 1. The summed E-state index contributed by atoms with van der Waals surface area (Å²) in [6.07, 6.45) is -0.656. The van der Waals surface area contributed by atoms with Crippen LogP contribution < -0.4 is 15.6 Å². The molecule has 0 bridgehead atoms. The van der Waals surface area contributed by atoms with Crippen LogP contribution in [-0.4, -0.2) is 56.4 Å². The van der Waals surface area contributed by atoms with Crippen LogP contribution in [0.1, 0.15) is 47.1 Å². The van der Waals surface area contributed by atoms with Gasteiger partial charge in [0.25, 0.3) is 5.91 Å². The van der Waals surface area contributed by atoms with Gasteiger partial charge in [-0.15, -0.1) is 0 Å². The van der Waals surface area contributed by atoms with Gasteiger partial charge in [0.15, 0.2) is 21.5 Å². The Morgan fingerprint density at radius 1 is 0.719 bits per heavy atom. The Labute approximate surface area is 333 Å². The molecule has 0 spiro atoms. The minimum atomic E-state index is -3.83. The molecule has 57 heavy (non-hydrogen) atoms. The number of rotatable bonds is 17. The number of hydrogen-bond donors (Lipinski definition) is 3. The second-order valence-corrected chi connectivity index (χ2v) is 16.0. The molecule has 0 aliphatic carbocycles. The van der Waals surface area contributed by atoms with E-state index in [1.807, 2.05) is 91.0 Å². The summed E-state index contributed by atoms with van der Waals surface area (Å²) in [6, 6.07) is 53.2. The van der Waals surface area contributed by atoms with Gasteiger partial charge in [0.05, 0.1) is 17.3 Å². The molecule has 0 radical (unpaired) electrons. The van der Waals surface area contributed by atoms with Crippen LogP contribution in [0.4, 0.5) is 0 Å². The van der Waals surface area contributed by atoms with E-state index in [2.05, 4.69) is 35.1 Å². The molecular formula is C47H45N3O6S. The van der Waals surface area contributed by atoms with Crippen LogP contribution in [0.2, 0.25) is 0 Å². The van der Waals surface area contributed by atoms with Gasteiger partial charge in [0.1, 0.15) is 5.75 Å². The van der Waals surface area contributed by atoms with Crippen molar-refractivity contribution >= 4 is 21.6 Å². The smallest absolute Gasteiger partial charge is 0.266 e. The zero-order chi connectivity index (χ0) is 39.5. The number of aliphatic hydroxyl groups excluding tert-OH is 1. The minimum Gasteiger partial charge on any atom is -0.494 e. The van der Waals surface area contributed by atoms with Gasteiger partial charge in [-0.05, 0) is 64.2 Å². The number of aliphatic hydroxyl groups is 1. The van der Waals surface area contributed by atoms with E-state index in [1.54, 1.807) is 54.6 Å². The van der Waals surface area contributed by atoms with Crippen molar-refractivity contribution in [3.05, 3.63) is 192 Å². The van der Waals surface area contributed by atoms with E-state index < -0.39 is 27.4 Å². The predicted octanol–water partition coefficient (Wildman–Crippen LogP) is 7.69. The van der Waals surface area contributed by atoms with E-state index in [0.29, 0.717) is 36.4 Å². The molecule has 0 unspecified atom stereocenters. The minimum absolute atomic E-state index is 0.0224. The molecule has 290 valence electrons. The number of ether oxygens (including phenoxy) is 2. The Kier molecular flexibility index (Phi) is 12.5. The highest BCUT2D eigenvalue weighted by molar-refractivity contribution is 7.91. The number of nitrogens with zero attached hydrogens (tertiary/aromatic N) is 1. The first kappa shape index (κ1) is 39.2. The second-order valence-electron chi connectivity index (χ2n) is 13.9.